The van der Waals surface area contributed by atoms with Crippen molar-refractivity contribution >= 4 is 35.8 Å². The molecule has 7 heteroatoms. The summed E-state index contributed by atoms with van der Waals surface area (Å²) in [5, 5.41) is 3.56. The summed E-state index contributed by atoms with van der Waals surface area (Å²) in [5.74, 6) is 3.51. The smallest absolute Gasteiger partial charge is 0.193 e. The van der Waals surface area contributed by atoms with Crippen molar-refractivity contribution in [1.82, 2.24) is 15.2 Å². The Morgan fingerprint density at radius 1 is 1.13 bits per heavy atom. The normalized spacial score (nSPS) is 19.2. The number of halogens is 1. The van der Waals surface area contributed by atoms with Crippen molar-refractivity contribution < 1.29 is 4.74 Å². The first-order chi connectivity index (χ1) is 14.8. The van der Waals surface area contributed by atoms with Crippen LogP contribution in [0.3, 0.4) is 0 Å². The quantitative estimate of drug-likeness (QED) is 0.352. The van der Waals surface area contributed by atoms with Gasteiger partial charge in [0.2, 0.25) is 0 Å². The van der Waals surface area contributed by atoms with Crippen molar-refractivity contribution in [3.05, 3.63) is 53.7 Å². The number of ether oxygens (including phenoxy) is 1. The number of guanidine groups is 1. The van der Waals surface area contributed by atoms with Gasteiger partial charge >= 0.3 is 0 Å². The number of aromatic nitrogens is 1. The lowest BCUT2D eigenvalue weighted by Crippen LogP contribution is -2.39. The molecular formula is C24H34IN5O. The van der Waals surface area contributed by atoms with E-state index in [1.165, 1.54) is 30.4 Å². The number of hydrogen-bond acceptors (Lipinski definition) is 4. The molecule has 2 aliphatic heterocycles. The van der Waals surface area contributed by atoms with E-state index in [1.807, 2.05) is 13.2 Å². The monoisotopic (exact) mass is 535 g/mol. The van der Waals surface area contributed by atoms with Crippen LogP contribution in [0.1, 0.15) is 42.7 Å². The van der Waals surface area contributed by atoms with Crippen LogP contribution in [0.4, 0.5) is 5.82 Å². The number of aliphatic imine (C=N–C) groups is 1. The lowest BCUT2D eigenvalue weighted by atomic mass is 9.98. The molecule has 1 atom stereocenters. The zero-order valence-corrected chi connectivity index (χ0v) is 20.9. The summed E-state index contributed by atoms with van der Waals surface area (Å²) in [5.41, 5.74) is 2.62. The van der Waals surface area contributed by atoms with Crippen LogP contribution >= 0.6 is 24.0 Å². The van der Waals surface area contributed by atoms with Crippen LogP contribution in [0.15, 0.2) is 47.6 Å². The molecule has 1 unspecified atom stereocenters. The summed E-state index contributed by atoms with van der Waals surface area (Å²) < 4.78 is 5.28. The second-order valence-electron chi connectivity index (χ2n) is 8.18. The molecule has 0 spiro atoms. The predicted octanol–water partition coefficient (Wildman–Crippen LogP) is 4.26. The number of benzene rings is 1. The number of nitrogens with zero attached hydrogens (tertiary/aromatic N) is 4. The number of likely N-dealkylation sites (tertiary alicyclic amines) is 1. The molecule has 0 amide bonds. The fourth-order valence-corrected chi connectivity index (χ4v) is 4.48. The van der Waals surface area contributed by atoms with Crippen molar-refractivity contribution in [3.63, 3.8) is 0 Å². The maximum Gasteiger partial charge on any atom is 0.193 e. The highest BCUT2D eigenvalue weighted by molar-refractivity contribution is 14.0. The Kier molecular flexibility index (Phi) is 8.80. The van der Waals surface area contributed by atoms with Gasteiger partial charge in [-0.2, -0.15) is 0 Å². The Balaban J connectivity index is 0.00000272. The molecule has 0 aliphatic carbocycles. The molecule has 4 rings (SSSR count). The molecule has 2 fully saturated rings. The van der Waals surface area contributed by atoms with Crippen LogP contribution in [0.5, 0.6) is 5.75 Å². The van der Waals surface area contributed by atoms with Crippen LogP contribution in [-0.2, 0) is 6.54 Å². The van der Waals surface area contributed by atoms with Crippen LogP contribution in [0, 0.1) is 0 Å². The van der Waals surface area contributed by atoms with Crippen LogP contribution in [0.25, 0.3) is 0 Å². The zero-order chi connectivity index (χ0) is 20.8. The standard InChI is InChI=1S/C24H33N5O.HI/c1-25-24(29-15-11-21(18-29)20-6-8-22(30-2)9-7-20)27-17-19-10-12-26-23(16-19)28-13-4-3-5-14-28;/h6-10,12,16,21H,3-5,11,13-15,17-18H2,1-2H3,(H,25,27);1H. The highest BCUT2D eigenvalue weighted by Gasteiger charge is 2.26. The third kappa shape index (κ3) is 6.02. The molecule has 1 aromatic heterocycles. The molecule has 6 nitrogen and oxygen atoms in total. The molecule has 31 heavy (non-hydrogen) atoms. The third-order valence-electron chi connectivity index (χ3n) is 6.23. The summed E-state index contributed by atoms with van der Waals surface area (Å²) >= 11 is 0. The minimum absolute atomic E-state index is 0. The van der Waals surface area contributed by atoms with E-state index in [4.69, 9.17) is 4.74 Å². The summed E-state index contributed by atoms with van der Waals surface area (Å²) in [6.07, 6.45) is 6.93. The van der Waals surface area contributed by atoms with Gasteiger partial charge < -0.3 is 19.9 Å². The number of anilines is 1. The fourth-order valence-electron chi connectivity index (χ4n) is 4.48. The molecule has 1 aromatic carbocycles. The molecule has 0 radical (unpaired) electrons. The molecule has 2 aromatic rings. The number of hydrogen-bond donors (Lipinski definition) is 1. The lowest BCUT2D eigenvalue weighted by molar-refractivity contribution is 0.414. The number of piperidine rings is 1. The lowest BCUT2D eigenvalue weighted by Gasteiger charge is -2.28. The average molecular weight is 535 g/mol. The Labute approximate surface area is 203 Å². The number of pyridine rings is 1. The molecule has 1 N–H and O–H groups in total. The van der Waals surface area contributed by atoms with Gasteiger partial charge in [0.25, 0.3) is 0 Å². The molecule has 0 saturated carbocycles. The summed E-state index contributed by atoms with van der Waals surface area (Å²) in [6.45, 7) is 5.00. The highest BCUT2D eigenvalue weighted by atomic mass is 127. The van der Waals surface area contributed by atoms with Gasteiger partial charge in [0, 0.05) is 51.9 Å². The third-order valence-corrected chi connectivity index (χ3v) is 6.23. The van der Waals surface area contributed by atoms with Crippen molar-refractivity contribution in [2.24, 2.45) is 4.99 Å². The first-order valence-corrected chi connectivity index (χ1v) is 11.1. The van der Waals surface area contributed by atoms with Gasteiger partial charge in [-0.05, 0) is 61.1 Å². The van der Waals surface area contributed by atoms with E-state index in [2.05, 4.69) is 61.5 Å². The Morgan fingerprint density at radius 3 is 2.61 bits per heavy atom. The van der Waals surface area contributed by atoms with Crippen molar-refractivity contribution in [2.75, 3.05) is 45.2 Å². The van der Waals surface area contributed by atoms with E-state index in [9.17, 15) is 0 Å². The van der Waals surface area contributed by atoms with Gasteiger partial charge in [-0.15, -0.1) is 24.0 Å². The molecular weight excluding hydrogens is 501 g/mol. The van der Waals surface area contributed by atoms with Gasteiger partial charge in [-0.1, -0.05) is 12.1 Å². The number of rotatable bonds is 5. The first kappa shape index (κ1) is 23.6. The van der Waals surface area contributed by atoms with Crippen molar-refractivity contribution in [1.29, 1.82) is 0 Å². The maximum atomic E-state index is 5.28. The Hall–Kier alpha value is -2.03. The maximum absolute atomic E-state index is 5.28. The largest absolute Gasteiger partial charge is 0.497 e. The molecule has 0 bridgehead atoms. The minimum Gasteiger partial charge on any atom is -0.497 e. The van der Waals surface area contributed by atoms with Crippen molar-refractivity contribution in [3.8, 4) is 5.75 Å². The number of nitrogens with one attached hydrogen (secondary N) is 1. The second-order valence-corrected chi connectivity index (χ2v) is 8.18. The van der Waals surface area contributed by atoms with E-state index in [0.29, 0.717) is 5.92 Å². The van der Waals surface area contributed by atoms with E-state index < -0.39 is 0 Å². The van der Waals surface area contributed by atoms with Crippen molar-refractivity contribution in [2.45, 2.75) is 38.1 Å². The fraction of sp³-hybridized carbons (Fsp3) is 0.500. The van der Waals surface area contributed by atoms with Gasteiger partial charge in [-0.3, -0.25) is 4.99 Å². The van der Waals surface area contributed by atoms with Gasteiger partial charge in [-0.25, -0.2) is 4.98 Å². The predicted molar refractivity (Wildman–Crippen MR) is 138 cm³/mol. The van der Waals surface area contributed by atoms with Gasteiger partial charge in [0.05, 0.1) is 7.11 Å². The molecule has 3 heterocycles. The molecule has 2 saturated heterocycles. The zero-order valence-electron chi connectivity index (χ0n) is 18.6. The Morgan fingerprint density at radius 2 is 1.90 bits per heavy atom. The van der Waals surface area contributed by atoms with E-state index >= 15 is 0 Å². The summed E-state index contributed by atoms with van der Waals surface area (Å²) in [7, 11) is 3.58. The Bertz CT molecular complexity index is 851. The van der Waals surface area contributed by atoms with E-state index in [-0.39, 0.29) is 24.0 Å². The van der Waals surface area contributed by atoms with E-state index in [1.54, 1.807) is 7.11 Å². The van der Waals surface area contributed by atoms with Gasteiger partial charge in [0.1, 0.15) is 11.6 Å². The molecule has 168 valence electrons. The topological polar surface area (TPSA) is 53.0 Å². The van der Waals surface area contributed by atoms with E-state index in [0.717, 1.165) is 56.7 Å². The van der Waals surface area contributed by atoms with Crippen LogP contribution < -0.4 is 15.0 Å². The van der Waals surface area contributed by atoms with Crippen LogP contribution in [-0.4, -0.2) is 56.2 Å². The van der Waals surface area contributed by atoms with Gasteiger partial charge in [0.15, 0.2) is 5.96 Å². The number of methoxy groups -OCH3 is 1. The highest BCUT2D eigenvalue weighted by Crippen LogP contribution is 2.28. The summed E-state index contributed by atoms with van der Waals surface area (Å²) in [6, 6.07) is 12.8. The minimum atomic E-state index is 0. The summed E-state index contributed by atoms with van der Waals surface area (Å²) in [4.78, 5) is 13.9. The molecule has 2 aliphatic rings. The first-order valence-electron chi connectivity index (χ1n) is 11.1. The average Bonchev–Trinajstić information content (AvgIpc) is 3.30. The SMILES string of the molecule is CN=C(NCc1ccnc(N2CCCCC2)c1)N1CCC(c2ccc(OC)cc2)C1.I. The van der Waals surface area contributed by atoms with Crippen LogP contribution in [0.2, 0.25) is 0 Å². The second kappa shape index (κ2) is 11.5.